The maximum absolute atomic E-state index is 8.80. The largest absolute Gasteiger partial charge is 0.467 e. The topological polar surface area (TPSA) is 93.0 Å². The van der Waals surface area contributed by atoms with Gasteiger partial charge < -0.3 is 14.8 Å². The molecule has 0 amide bonds. The third-order valence-corrected chi connectivity index (χ3v) is 2.84. The molecule has 0 bridgehead atoms. The molecular weight excluding hydrogens is 270 g/mol. The molecule has 0 radical (unpaired) electrons. The van der Waals surface area contributed by atoms with Crippen molar-refractivity contribution in [3.05, 3.63) is 35.4 Å². The second-order valence-corrected chi connectivity index (χ2v) is 4.23. The molecule has 0 fully saturated rings. The van der Waals surface area contributed by atoms with Gasteiger partial charge in [-0.1, -0.05) is 12.1 Å². The Balaban J connectivity index is 2.18. The van der Waals surface area contributed by atoms with Crippen LogP contribution >= 0.6 is 0 Å². The van der Waals surface area contributed by atoms with Gasteiger partial charge in [-0.2, -0.15) is 15.2 Å². The van der Waals surface area contributed by atoms with E-state index in [1.54, 1.807) is 12.1 Å². The molecule has 1 aromatic carbocycles. The number of nitrogens with one attached hydrogen (secondary N) is 1. The number of benzene rings is 1. The van der Waals surface area contributed by atoms with Gasteiger partial charge in [0.25, 0.3) is 0 Å². The van der Waals surface area contributed by atoms with Gasteiger partial charge in [-0.3, -0.25) is 0 Å². The van der Waals surface area contributed by atoms with Crippen molar-refractivity contribution in [1.29, 1.82) is 5.26 Å². The molecule has 1 aromatic heterocycles. The van der Waals surface area contributed by atoms with Gasteiger partial charge in [-0.25, -0.2) is 0 Å². The lowest BCUT2D eigenvalue weighted by Gasteiger charge is -2.14. The smallest absolute Gasteiger partial charge is 0.324 e. The molecule has 108 valence electrons. The minimum absolute atomic E-state index is 0.0467. The van der Waals surface area contributed by atoms with Gasteiger partial charge in [-0.15, -0.1) is 4.98 Å². The molecule has 2 rings (SSSR count). The van der Waals surface area contributed by atoms with Crippen molar-refractivity contribution in [3.8, 4) is 18.1 Å². The van der Waals surface area contributed by atoms with Crippen LogP contribution in [0.5, 0.6) is 12.0 Å². The van der Waals surface area contributed by atoms with Gasteiger partial charge >= 0.3 is 12.0 Å². The highest BCUT2D eigenvalue weighted by atomic mass is 16.5. The first-order valence-electron chi connectivity index (χ1n) is 6.27. The third-order valence-electron chi connectivity index (χ3n) is 2.84. The van der Waals surface area contributed by atoms with Crippen molar-refractivity contribution in [2.24, 2.45) is 0 Å². The molecule has 0 saturated carbocycles. The monoisotopic (exact) mass is 285 g/mol. The molecule has 1 unspecified atom stereocenters. The molecule has 7 nitrogen and oxygen atoms in total. The molecule has 1 N–H and O–H groups in total. The maximum Gasteiger partial charge on any atom is 0.324 e. The Hall–Kier alpha value is -2.88. The van der Waals surface area contributed by atoms with E-state index in [1.165, 1.54) is 14.2 Å². The first kappa shape index (κ1) is 14.5. The van der Waals surface area contributed by atoms with Crippen LogP contribution in [0, 0.1) is 11.3 Å². The number of methoxy groups -OCH3 is 2. The number of aromatic nitrogens is 3. The molecule has 0 spiro atoms. The zero-order valence-corrected chi connectivity index (χ0v) is 12.0. The number of hydrogen-bond acceptors (Lipinski definition) is 7. The van der Waals surface area contributed by atoms with Crippen LogP contribution in [0.2, 0.25) is 0 Å². The van der Waals surface area contributed by atoms with E-state index >= 15 is 0 Å². The van der Waals surface area contributed by atoms with Gasteiger partial charge in [-0.05, 0) is 24.6 Å². The number of nitriles is 1. The van der Waals surface area contributed by atoms with E-state index in [4.69, 9.17) is 14.7 Å². The Labute approximate surface area is 122 Å². The summed E-state index contributed by atoms with van der Waals surface area (Å²) in [5.74, 6) is 0.357. The zero-order valence-electron chi connectivity index (χ0n) is 12.0. The second kappa shape index (κ2) is 6.52. The van der Waals surface area contributed by atoms with E-state index < -0.39 is 0 Å². The lowest BCUT2D eigenvalue weighted by atomic mass is 10.1. The first-order chi connectivity index (χ1) is 10.2. The van der Waals surface area contributed by atoms with Crippen molar-refractivity contribution in [3.63, 3.8) is 0 Å². The van der Waals surface area contributed by atoms with Crippen LogP contribution in [0.4, 0.5) is 5.95 Å². The molecule has 7 heteroatoms. The fraction of sp³-hybridized carbons (Fsp3) is 0.286. The lowest BCUT2D eigenvalue weighted by molar-refractivity contribution is 0.341. The predicted molar refractivity (Wildman–Crippen MR) is 76.1 cm³/mol. The molecule has 1 heterocycles. The zero-order chi connectivity index (χ0) is 15.2. The summed E-state index contributed by atoms with van der Waals surface area (Å²) >= 11 is 0. The van der Waals surface area contributed by atoms with E-state index in [9.17, 15) is 0 Å². The van der Waals surface area contributed by atoms with Crippen LogP contribution < -0.4 is 14.8 Å². The minimum atomic E-state index is -0.0467. The maximum atomic E-state index is 8.80. The normalized spacial score (nSPS) is 11.3. The fourth-order valence-electron chi connectivity index (χ4n) is 1.71. The van der Waals surface area contributed by atoms with Crippen molar-refractivity contribution in [1.82, 2.24) is 15.0 Å². The highest BCUT2D eigenvalue weighted by Gasteiger charge is 2.11. The quantitative estimate of drug-likeness (QED) is 0.897. The Bertz CT molecular complexity index is 629. The molecule has 0 aliphatic rings. The molecular formula is C14H15N5O2. The van der Waals surface area contributed by atoms with Crippen LogP contribution in [-0.2, 0) is 0 Å². The minimum Gasteiger partial charge on any atom is -0.467 e. The summed E-state index contributed by atoms with van der Waals surface area (Å²) in [4.78, 5) is 12.2. The molecule has 0 aliphatic carbocycles. The predicted octanol–water partition coefficient (Wildman–Crippen LogP) is 1.93. The lowest BCUT2D eigenvalue weighted by Crippen LogP contribution is -2.11. The molecule has 21 heavy (non-hydrogen) atoms. The Morgan fingerprint density at radius 3 is 2.10 bits per heavy atom. The Morgan fingerprint density at radius 2 is 1.62 bits per heavy atom. The van der Waals surface area contributed by atoms with Crippen molar-refractivity contribution < 1.29 is 9.47 Å². The summed E-state index contributed by atoms with van der Waals surface area (Å²) < 4.78 is 9.99. The van der Waals surface area contributed by atoms with Gasteiger partial charge in [0.05, 0.1) is 31.9 Å². The second-order valence-electron chi connectivity index (χ2n) is 4.23. The molecule has 0 saturated heterocycles. The van der Waals surface area contributed by atoms with Crippen LogP contribution in [0.25, 0.3) is 0 Å². The summed E-state index contributed by atoms with van der Waals surface area (Å²) in [6.07, 6.45) is 0. The van der Waals surface area contributed by atoms with Crippen molar-refractivity contribution in [2.45, 2.75) is 13.0 Å². The van der Waals surface area contributed by atoms with Gasteiger partial charge in [0.15, 0.2) is 0 Å². The van der Waals surface area contributed by atoms with Crippen LogP contribution in [0.15, 0.2) is 24.3 Å². The number of ether oxygens (including phenoxy) is 2. The third kappa shape index (κ3) is 3.57. The number of anilines is 1. The van der Waals surface area contributed by atoms with Gasteiger partial charge in [0.1, 0.15) is 0 Å². The SMILES string of the molecule is COc1nc(NC(C)c2ccc(C#N)cc2)nc(OC)n1. The van der Waals surface area contributed by atoms with E-state index in [0.717, 1.165) is 5.56 Å². The van der Waals surface area contributed by atoms with E-state index in [0.29, 0.717) is 11.5 Å². The number of hydrogen-bond donors (Lipinski definition) is 1. The molecule has 1 atom stereocenters. The number of rotatable bonds is 5. The molecule has 2 aromatic rings. The highest BCUT2D eigenvalue weighted by molar-refractivity contribution is 5.37. The van der Waals surface area contributed by atoms with Crippen molar-refractivity contribution >= 4 is 5.95 Å². The summed E-state index contributed by atoms with van der Waals surface area (Å²) in [6.45, 7) is 1.96. The van der Waals surface area contributed by atoms with Crippen molar-refractivity contribution in [2.75, 3.05) is 19.5 Å². The van der Waals surface area contributed by atoms with Crippen LogP contribution in [0.3, 0.4) is 0 Å². The summed E-state index contributed by atoms with van der Waals surface area (Å²) in [7, 11) is 2.95. The van der Waals surface area contributed by atoms with E-state index in [1.807, 2.05) is 19.1 Å². The van der Waals surface area contributed by atoms with Gasteiger partial charge in [0.2, 0.25) is 5.95 Å². The number of nitrogens with zero attached hydrogens (tertiary/aromatic N) is 4. The highest BCUT2D eigenvalue weighted by Crippen LogP contribution is 2.19. The average molecular weight is 285 g/mol. The van der Waals surface area contributed by atoms with E-state index in [-0.39, 0.29) is 18.1 Å². The van der Waals surface area contributed by atoms with Crippen LogP contribution in [-0.4, -0.2) is 29.2 Å². The summed E-state index contributed by atoms with van der Waals surface area (Å²) in [6, 6.07) is 9.69. The average Bonchev–Trinajstić information content (AvgIpc) is 2.54. The van der Waals surface area contributed by atoms with Crippen LogP contribution in [0.1, 0.15) is 24.1 Å². The molecule has 0 aliphatic heterocycles. The van der Waals surface area contributed by atoms with Gasteiger partial charge in [0, 0.05) is 0 Å². The summed E-state index contributed by atoms with van der Waals surface area (Å²) in [5.41, 5.74) is 1.63. The van der Waals surface area contributed by atoms with E-state index in [2.05, 4.69) is 26.3 Å². The fourth-order valence-corrected chi connectivity index (χ4v) is 1.71. The Morgan fingerprint density at radius 1 is 1.05 bits per heavy atom. The first-order valence-corrected chi connectivity index (χ1v) is 6.27. The Kier molecular flexibility index (Phi) is 4.51. The standard InChI is InChI=1S/C14H15N5O2/c1-9(11-6-4-10(8-15)5-7-11)16-12-17-13(20-2)19-14(18-12)21-3/h4-7,9H,1-3H3,(H,16,17,18,19). The summed E-state index contributed by atoms with van der Waals surface area (Å²) in [5, 5.41) is 11.9.